The Labute approximate surface area is 124 Å². The second-order valence-electron chi connectivity index (χ2n) is 5.47. The van der Waals surface area contributed by atoms with Crippen LogP contribution in [0.25, 0.3) is 0 Å². The van der Waals surface area contributed by atoms with E-state index in [1.807, 2.05) is 30.3 Å². The largest absolute Gasteiger partial charge is 0.480 e. The lowest BCUT2D eigenvalue weighted by molar-refractivity contribution is -0.139. The van der Waals surface area contributed by atoms with Crippen LogP contribution in [0.4, 0.5) is 4.79 Å². The molecule has 0 saturated heterocycles. The van der Waals surface area contributed by atoms with Crippen molar-refractivity contribution >= 4 is 12.1 Å². The number of carbonyl (C=O) groups excluding carboxylic acids is 1. The molecule has 1 aromatic carbocycles. The molecular formula is C16H21NO4. The summed E-state index contributed by atoms with van der Waals surface area (Å²) >= 11 is 0. The molecule has 1 amide bonds. The zero-order valence-corrected chi connectivity index (χ0v) is 12.0. The fourth-order valence-electron chi connectivity index (χ4n) is 2.18. The lowest BCUT2D eigenvalue weighted by Crippen LogP contribution is -2.41. The molecule has 1 fully saturated rings. The Morgan fingerprint density at radius 1 is 1.29 bits per heavy atom. The third kappa shape index (κ3) is 5.85. The van der Waals surface area contributed by atoms with Crippen LogP contribution in [0.5, 0.6) is 0 Å². The van der Waals surface area contributed by atoms with Crippen molar-refractivity contribution in [1.82, 2.24) is 5.32 Å². The molecule has 1 aliphatic carbocycles. The van der Waals surface area contributed by atoms with Gasteiger partial charge in [-0.2, -0.15) is 0 Å². The number of carboxylic acids is 1. The molecule has 114 valence electrons. The molecule has 1 atom stereocenters. The van der Waals surface area contributed by atoms with Crippen LogP contribution in [0.1, 0.15) is 37.7 Å². The van der Waals surface area contributed by atoms with Gasteiger partial charge < -0.3 is 15.2 Å². The lowest BCUT2D eigenvalue weighted by atomic mass is 10.1. The van der Waals surface area contributed by atoms with E-state index in [1.54, 1.807) is 0 Å². The fraction of sp³-hybridized carbons (Fsp3) is 0.500. The molecule has 2 rings (SSSR count). The summed E-state index contributed by atoms with van der Waals surface area (Å²) in [5, 5.41) is 11.5. The van der Waals surface area contributed by atoms with Crippen LogP contribution in [-0.2, 0) is 16.1 Å². The predicted molar refractivity (Wildman–Crippen MR) is 77.8 cm³/mol. The van der Waals surface area contributed by atoms with Gasteiger partial charge in [0.25, 0.3) is 0 Å². The minimum atomic E-state index is -1.01. The molecule has 1 unspecified atom stereocenters. The second-order valence-corrected chi connectivity index (χ2v) is 5.47. The van der Waals surface area contributed by atoms with E-state index in [9.17, 15) is 9.59 Å². The van der Waals surface area contributed by atoms with Crippen LogP contribution in [0.2, 0.25) is 0 Å². The number of carboxylic acid groups (broad SMARTS) is 1. The summed E-state index contributed by atoms with van der Waals surface area (Å²) in [7, 11) is 0. The van der Waals surface area contributed by atoms with E-state index in [1.165, 1.54) is 12.8 Å². The Morgan fingerprint density at radius 2 is 2.00 bits per heavy atom. The maximum Gasteiger partial charge on any atom is 0.408 e. The molecule has 1 aromatic rings. The molecule has 0 spiro atoms. The highest BCUT2D eigenvalue weighted by atomic mass is 16.5. The normalized spacial score (nSPS) is 15.2. The van der Waals surface area contributed by atoms with E-state index in [2.05, 4.69) is 5.32 Å². The van der Waals surface area contributed by atoms with Crippen molar-refractivity contribution in [1.29, 1.82) is 0 Å². The summed E-state index contributed by atoms with van der Waals surface area (Å²) in [6, 6.07) is 8.41. The fourth-order valence-corrected chi connectivity index (χ4v) is 2.18. The molecule has 5 heteroatoms. The number of ether oxygens (including phenoxy) is 1. The average molecular weight is 291 g/mol. The van der Waals surface area contributed by atoms with Gasteiger partial charge in [0.05, 0.1) is 0 Å². The standard InChI is InChI=1S/C16H21NO4/c18-15(19)14(8-4-7-12-9-10-12)17-16(20)21-11-13-5-2-1-3-6-13/h1-3,5-6,12,14H,4,7-11H2,(H,17,20)(H,18,19). The van der Waals surface area contributed by atoms with Gasteiger partial charge in [-0.3, -0.25) is 0 Å². The summed E-state index contributed by atoms with van der Waals surface area (Å²) in [4.78, 5) is 22.8. The number of alkyl carbamates (subject to hydrolysis) is 1. The first-order valence-corrected chi connectivity index (χ1v) is 7.35. The highest BCUT2D eigenvalue weighted by Crippen LogP contribution is 2.34. The summed E-state index contributed by atoms with van der Waals surface area (Å²) in [6.45, 7) is 0.140. The Balaban J connectivity index is 1.70. The summed E-state index contributed by atoms with van der Waals surface area (Å²) in [6.07, 6.45) is 4.14. The van der Waals surface area contributed by atoms with Crippen molar-refractivity contribution < 1.29 is 19.4 Å². The van der Waals surface area contributed by atoms with Gasteiger partial charge in [0.2, 0.25) is 0 Å². The SMILES string of the molecule is O=C(NC(CCCC1CC1)C(=O)O)OCc1ccccc1. The molecule has 5 nitrogen and oxygen atoms in total. The molecule has 0 heterocycles. The van der Waals surface area contributed by atoms with Crippen molar-refractivity contribution in [2.24, 2.45) is 5.92 Å². The molecule has 0 aliphatic heterocycles. The Bertz CT molecular complexity index is 470. The van der Waals surface area contributed by atoms with Crippen LogP contribution in [0.15, 0.2) is 30.3 Å². The zero-order chi connectivity index (χ0) is 15.1. The predicted octanol–water partition coefficient (Wildman–Crippen LogP) is 2.95. The van der Waals surface area contributed by atoms with E-state index in [0.717, 1.165) is 24.3 Å². The van der Waals surface area contributed by atoms with E-state index in [-0.39, 0.29) is 6.61 Å². The van der Waals surface area contributed by atoms with Crippen molar-refractivity contribution in [2.75, 3.05) is 0 Å². The van der Waals surface area contributed by atoms with Gasteiger partial charge in [-0.05, 0) is 17.9 Å². The second kappa shape index (κ2) is 7.67. The number of benzene rings is 1. The molecular weight excluding hydrogens is 270 g/mol. The number of hydrogen-bond donors (Lipinski definition) is 2. The van der Waals surface area contributed by atoms with Crippen molar-refractivity contribution in [3.8, 4) is 0 Å². The smallest absolute Gasteiger partial charge is 0.408 e. The summed E-state index contributed by atoms with van der Waals surface area (Å²) in [5.41, 5.74) is 0.869. The van der Waals surface area contributed by atoms with Crippen LogP contribution >= 0.6 is 0 Å². The topological polar surface area (TPSA) is 75.6 Å². The zero-order valence-electron chi connectivity index (χ0n) is 12.0. The van der Waals surface area contributed by atoms with Crippen LogP contribution in [0.3, 0.4) is 0 Å². The van der Waals surface area contributed by atoms with Gasteiger partial charge in [-0.15, -0.1) is 0 Å². The molecule has 1 saturated carbocycles. The van der Waals surface area contributed by atoms with Crippen LogP contribution in [0, 0.1) is 5.92 Å². The van der Waals surface area contributed by atoms with Crippen molar-refractivity contribution in [3.05, 3.63) is 35.9 Å². The molecule has 2 N–H and O–H groups in total. The minimum Gasteiger partial charge on any atom is -0.480 e. The number of aliphatic carboxylic acids is 1. The number of hydrogen-bond acceptors (Lipinski definition) is 3. The number of rotatable bonds is 8. The van der Waals surface area contributed by atoms with Crippen LogP contribution < -0.4 is 5.32 Å². The number of carbonyl (C=O) groups is 2. The third-order valence-electron chi connectivity index (χ3n) is 3.61. The molecule has 0 bridgehead atoms. The first kappa shape index (κ1) is 15.4. The number of amides is 1. The highest BCUT2D eigenvalue weighted by molar-refractivity contribution is 5.79. The highest BCUT2D eigenvalue weighted by Gasteiger charge is 2.24. The van der Waals surface area contributed by atoms with Gasteiger partial charge >= 0.3 is 12.1 Å². The van der Waals surface area contributed by atoms with Crippen molar-refractivity contribution in [2.45, 2.75) is 44.8 Å². The first-order chi connectivity index (χ1) is 10.1. The minimum absolute atomic E-state index is 0.140. The molecule has 0 radical (unpaired) electrons. The van der Waals surface area contributed by atoms with Gasteiger partial charge in [0.15, 0.2) is 0 Å². The van der Waals surface area contributed by atoms with E-state index >= 15 is 0 Å². The van der Waals surface area contributed by atoms with Crippen molar-refractivity contribution in [3.63, 3.8) is 0 Å². The monoisotopic (exact) mass is 291 g/mol. The Morgan fingerprint density at radius 3 is 2.62 bits per heavy atom. The van der Waals surface area contributed by atoms with Gasteiger partial charge in [0.1, 0.15) is 12.6 Å². The molecule has 0 aromatic heterocycles. The van der Waals surface area contributed by atoms with Gasteiger partial charge in [-0.1, -0.05) is 56.0 Å². The Kier molecular flexibility index (Phi) is 5.60. The summed E-state index contributed by atoms with van der Waals surface area (Å²) in [5.74, 6) is -0.244. The number of nitrogens with one attached hydrogen (secondary N) is 1. The van der Waals surface area contributed by atoms with Gasteiger partial charge in [-0.25, -0.2) is 9.59 Å². The quantitative estimate of drug-likeness (QED) is 0.772. The van der Waals surface area contributed by atoms with Crippen LogP contribution in [-0.4, -0.2) is 23.2 Å². The van der Waals surface area contributed by atoms with E-state index in [4.69, 9.17) is 9.84 Å². The maximum atomic E-state index is 11.6. The molecule has 21 heavy (non-hydrogen) atoms. The van der Waals surface area contributed by atoms with E-state index in [0.29, 0.717) is 6.42 Å². The van der Waals surface area contributed by atoms with Gasteiger partial charge in [0, 0.05) is 0 Å². The molecule has 1 aliphatic rings. The van der Waals surface area contributed by atoms with E-state index < -0.39 is 18.1 Å². The summed E-state index contributed by atoms with van der Waals surface area (Å²) < 4.78 is 5.04. The third-order valence-corrected chi connectivity index (χ3v) is 3.61. The maximum absolute atomic E-state index is 11.6. The lowest BCUT2D eigenvalue weighted by Gasteiger charge is -2.14. The Hall–Kier alpha value is -2.04. The average Bonchev–Trinajstić information content (AvgIpc) is 3.29. The first-order valence-electron chi connectivity index (χ1n) is 7.35.